The fourth-order valence-electron chi connectivity index (χ4n) is 2.52. The molecule has 0 aliphatic heterocycles. The topological polar surface area (TPSA) is 25.8 Å². The molecule has 98 valence electrons. The van der Waals surface area contributed by atoms with Gasteiger partial charge < -0.3 is 0 Å². The molecule has 1 heterocycles. The fraction of sp³-hybridized carbons (Fsp3) is 0.286. The summed E-state index contributed by atoms with van der Waals surface area (Å²) < 4.78 is 39.1. The van der Waals surface area contributed by atoms with E-state index >= 15 is 0 Å². The first-order valence-corrected chi connectivity index (χ1v) is 6.00. The van der Waals surface area contributed by atoms with Gasteiger partial charge in [-0.3, -0.25) is 0 Å². The van der Waals surface area contributed by atoms with Gasteiger partial charge in [0.1, 0.15) is 5.82 Å². The highest BCUT2D eigenvalue weighted by Crippen LogP contribution is 2.38. The molecule has 0 unspecified atom stereocenters. The van der Waals surface area contributed by atoms with E-state index < -0.39 is 11.9 Å². The second kappa shape index (κ2) is 4.05. The van der Waals surface area contributed by atoms with Gasteiger partial charge in [0.15, 0.2) is 5.69 Å². The Morgan fingerprint density at radius 2 is 1.79 bits per heavy atom. The van der Waals surface area contributed by atoms with Crippen LogP contribution in [0.2, 0.25) is 0 Å². The van der Waals surface area contributed by atoms with Crippen LogP contribution >= 0.6 is 0 Å². The minimum atomic E-state index is -4.43. The van der Waals surface area contributed by atoms with E-state index in [-0.39, 0.29) is 11.4 Å². The molecule has 5 heteroatoms. The fourth-order valence-corrected chi connectivity index (χ4v) is 2.52. The molecule has 0 saturated heterocycles. The van der Waals surface area contributed by atoms with Crippen LogP contribution in [0, 0.1) is 6.92 Å². The van der Waals surface area contributed by atoms with E-state index in [1.807, 2.05) is 24.3 Å². The number of benzene rings is 1. The molecule has 1 aliphatic rings. The molecule has 1 aromatic heterocycles. The van der Waals surface area contributed by atoms with Gasteiger partial charge in [0.2, 0.25) is 0 Å². The van der Waals surface area contributed by atoms with Crippen molar-refractivity contribution in [2.45, 2.75) is 25.9 Å². The van der Waals surface area contributed by atoms with E-state index in [9.17, 15) is 13.2 Å². The number of nitrogens with zero attached hydrogens (tertiary/aromatic N) is 2. The van der Waals surface area contributed by atoms with Crippen molar-refractivity contribution in [1.82, 2.24) is 9.97 Å². The maximum Gasteiger partial charge on any atom is 0.433 e. The zero-order valence-electron chi connectivity index (χ0n) is 10.3. The minimum Gasteiger partial charge on any atom is -0.233 e. The lowest BCUT2D eigenvalue weighted by molar-refractivity contribution is -0.142. The summed E-state index contributed by atoms with van der Waals surface area (Å²) in [7, 11) is 0. The van der Waals surface area contributed by atoms with E-state index in [2.05, 4.69) is 9.97 Å². The summed E-state index contributed by atoms with van der Waals surface area (Å²) in [6, 6.07) is 7.46. The predicted octanol–water partition coefficient (Wildman–Crippen LogP) is 3.57. The number of alkyl halides is 3. The standard InChI is InChI=1S/C14H11F3N2/c1-8-18-12-10-5-3-2-4-9(10)6-7-11(12)13(19-8)14(15,16)17/h2-5H,6-7H2,1H3. The smallest absolute Gasteiger partial charge is 0.233 e. The van der Waals surface area contributed by atoms with Gasteiger partial charge in [0.25, 0.3) is 0 Å². The van der Waals surface area contributed by atoms with E-state index in [0.717, 1.165) is 11.1 Å². The quantitative estimate of drug-likeness (QED) is 0.727. The average Bonchev–Trinajstić information content (AvgIpc) is 2.36. The lowest BCUT2D eigenvalue weighted by Crippen LogP contribution is -2.18. The lowest BCUT2D eigenvalue weighted by Gasteiger charge is -2.22. The molecule has 1 aromatic carbocycles. The van der Waals surface area contributed by atoms with Crippen molar-refractivity contribution >= 4 is 0 Å². The van der Waals surface area contributed by atoms with Gasteiger partial charge in [-0.05, 0) is 25.3 Å². The molecular formula is C14H11F3N2. The SMILES string of the molecule is Cc1nc2c(c(C(F)(F)F)n1)CCc1ccccc1-2. The molecule has 0 saturated carbocycles. The number of hydrogen-bond acceptors (Lipinski definition) is 2. The third-order valence-electron chi connectivity index (χ3n) is 3.30. The van der Waals surface area contributed by atoms with Crippen LogP contribution in [-0.4, -0.2) is 9.97 Å². The number of aryl methyl sites for hydroxylation is 2. The summed E-state index contributed by atoms with van der Waals surface area (Å²) in [6.45, 7) is 1.49. The minimum absolute atomic E-state index is 0.155. The van der Waals surface area contributed by atoms with Gasteiger partial charge >= 0.3 is 6.18 Å². The molecule has 19 heavy (non-hydrogen) atoms. The summed E-state index contributed by atoms with van der Waals surface area (Å²) in [5, 5.41) is 0. The summed E-state index contributed by atoms with van der Waals surface area (Å²) >= 11 is 0. The van der Waals surface area contributed by atoms with E-state index in [4.69, 9.17) is 0 Å². The van der Waals surface area contributed by atoms with Crippen LogP contribution in [0.15, 0.2) is 24.3 Å². The van der Waals surface area contributed by atoms with Crippen molar-refractivity contribution in [3.63, 3.8) is 0 Å². The summed E-state index contributed by atoms with van der Waals surface area (Å²) in [5.74, 6) is 0.155. The Kier molecular flexibility index (Phi) is 2.59. The highest BCUT2D eigenvalue weighted by Gasteiger charge is 2.38. The van der Waals surface area contributed by atoms with Gasteiger partial charge in [-0.2, -0.15) is 13.2 Å². The Morgan fingerprint density at radius 1 is 1.05 bits per heavy atom. The van der Waals surface area contributed by atoms with E-state index in [0.29, 0.717) is 18.5 Å². The Balaban J connectivity index is 2.30. The normalized spacial score (nSPS) is 13.9. The molecule has 0 bridgehead atoms. The van der Waals surface area contributed by atoms with Crippen LogP contribution in [0.1, 0.15) is 22.6 Å². The molecule has 1 aliphatic carbocycles. The predicted molar refractivity (Wildman–Crippen MR) is 64.6 cm³/mol. The van der Waals surface area contributed by atoms with Gasteiger partial charge in [-0.15, -0.1) is 0 Å². The molecule has 0 fully saturated rings. The summed E-state index contributed by atoms with van der Waals surface area (Å²) in [6.07, 6.45) is -3.50. The molecule has 0 N–H and O–H groups in total. The maximum absolute atomic E-state index is 13.0. The Morgan fingerprint density at radius 3 is 2.53 bits per heavy atom. The molecule has 0 spiro atoms. The maximum atomic E-state index is 13.0. The highest BCUT2D eigenvalue weighted by atomic mass is 19.4. The van der Waals surface area contributed by atoms with Crippen LogP contribution < -0.4 is 0 Å². The second-order valence-corrected chi connectivity index (χ2v) is 4.60. The first-order chi connectivity index (χ1) is 8.97. The van der Waals surface area contributed by atoms with Gasteiger partial charge in [0.05, 0.1) is 5.69 Å². The number of aromatic nitrogens is 2. The van der Waals surface area contributed by atoms with Crippen molar-refractivity contribution in [2.75, 3.05) is 0 Å². The highest BCUT2D eigenvalue weighted by molar-refractivity contribution is 5.70. The van der Waals surface area contributed by atoms with Crippen molar-refractivity contribution in [1.29, 1.82) is 0 Å². The van der Waals surface area contributed by atoms with Gasteiger partial charge in [-0.1, -0.05) is 24.3 Å². The zero-order valence-corrected chi connectivity index (χ0v) is 10.3. The zero-order chi connectivity index (χ0) is 13.6. The summed E-state index contributed by atoms with van der Waals surface area (Å²) in [4.78, 5) is 7.81. The van der Waals surface area contributed by atoms with E-state index in [1.54, 1.807) is 0 Å². The van der Waals surface area contributed by atoms with Crippen molar-refractivity contribution in [3.8, 4) is 11.3 Å². The molecule has 2 nitrogen and oxygen atoms in total. The summed E-state index contributed by atoms with van der Waals surface area (Å²) in [5.41, 5.74) is 1.70. The number of fused-ring (bicyclic) bond motifs is 3. The molecule has 3 rings (SSSR count). The molecular weight excluding hydrogens is 253 g/mol. The number of halogens is 3. The Labute approximate surface area is 108 Å². The van der Waals surface area contributed by atoms with Crippen LogP contribution in [0.5, 0.6) is 0 Å². The first-order valence-electron chi connectivity index (χ1n) is 6.00. The van der Waals surface area contributed by atoms with Crippen molar-refractivity contribution in [3.05, 3.63) is 46.9 Å². The molecule has 0 atom stereocenters. The van der Waals surface area contributed by atoms with Gasteiger partial charge in [-0.25, -0.2) is 9.97 Å². The first kappa shape index (κ1) is 12.1. The monoisotopic (exact) mass is 264 g/mol. The van der Waals surface area contributed by atoms with Gasteiger partial charge in [0, 0.05) is 11.1 Å². The lowest BCUT2D eigenvalue weighted by atomic mass is 9.88. The van der Waals surface area contributed by atoms with Crippen LogP contribution in [0.4, 0.5) is 13.2 Å². The largest absolute Gasteiger partial charge is 0.433 e. The van der Waals surface area contributed by atoms with Crippen LogP contribution in [0.3, 0.4) is 0 Å². The Bertz CT molecular complexity index is 648. The second-order valence-electron chi connectivity index (χ2n) is 4.60. The van der Waals surface area contributed by atoms with Crippen molar-refractivity contribution < 1.29 is 13.2 Å². The molecule has 0 radical (unpaired) electrons. The third kappa shape index (κ3) is 1.99. The molecule has 2 aromatic rings. The third-order valence-corrected chi connectivity index (χ3v) is 3.30. The Hall–Kier alpha value is -1.91. The average molecular weight is 264 g/mol. The van der Waals surface area contributed by atoms with Crippen LogP contribution in [0.25, 0.3) is 11.3 Å². The molecule has 0 amide bonds. The van der Waals surface area contributed by atoms with E-state index in [1.165, 1.54) is 6.92 Å². The van der Waals surface area contributed by atoms with Crippen LogP contribution in [-0.2, 0) is 19.0 Å². The number of rotatable bonds is 0. The van der Waals surface area contributed by atoms with Crippen molar-refractivity contribution in [2.24, 2.45) is 0 Å². The number of hydrogen-bond donors (Lipinski definition) is 0.